The van der Waals surface area contributed by atoms with Crippen molar-refractivity contribution in [1.82, 2.24) is 15.1 Å². The molecular formula is C19H29N5O2. The summed E-state index contributed by atoms with van der Waals surface area (Å²) in [5, 5.41) is 10.8. The predicted octanol–water partition coefficient (Wildman–Crippen LogP) is 2.68. The Kier molecular flexibility index (Phi) is 8.48. The van der Waals surface area contributed by atoms with E-state index in [1.165, 1.54) is 0 Å². The van der Waals surface area contributed by atoms with Crippen molar-refractivity contribution in [3.8, 4) is 5.75 Å². The average molecular weight is 359 g/mol. The van der Waals surface area contributed by atoms with Gasteiger partial charge >= 0.3 is 0 Å². The lowest BCUT2D eigenvalue weighted by molar-refractivity contribution is 0.172. The Balaban J connectivity index is 1.90. The number of benzene rings is 1. The molecule has 1 aromatic heterocycles. The van der Waals surface area contributed by atoms with Crippen LogP contribution in [-0.2, 0) is 11.3 Å². The van der Waals surface area contributed by atoms with E-state index in [0.717, 1.165) is 42.5 Å². The normalized spacial score (nSPS) is 11.4. The first kappa shape index (κ1) is 19.8. The second-order valence-corrected chi connectivity index (χ2v) is 5.89. The first-order valence-electron chi connectivity index (χ1n) is 8.97. The van der Waals surface area contributed by atoms with Crippen LogP contribution in [0.3, 0.4) is 0 Å². The smallest absolute Gasteiger partial charge is 0.195 e. The highest BCUT2D eigenvalue weighted by atomic mass is 16.5. The number of anilines is 1. The van der Waals surface area contributed by atoms with Crippen molar-refractivity contribution in [1.29, 1.82) is 0 Å². The topological polar surface area (TPSA) is 72.7 Å². The first-order valence-corrected chi connectivity index (χ1v) is 8.97. The van der Waals surface area contributed by atoms with Crippen molar-refractivity contribution in [2.75, 3.05) is 38.7 Å². The van der Waals surface area contributed by atoms with Crippen LogP contribution in [-0.4, -0.2) is 49.2 Å². The number of aromatic nitrogens is 2. The molecule has 0 saturated heterocycles. The third-order valence-electron chi connectivity index (χ3n) is 3.56. The van der Waals surface area contributed by atoms with Crippen LogP contribution in [0.4, 0.5) is 5.69 Å². The third kappa shape index (κ3) is 7.14. The Hall–Kier alpha value is -2.54. The lowest BCUT2D eigenvalue weighted by Crippen LogP contribution is -2.31. The van der Waals surface area contributed by atoms with E-state index in [9.17, 15) is 0 Å². The molecule has 7 heteroatoms. The quantitative estimate of drug-likeness (QED) is 0.388. The summed E-state index contributed by atoms with van der Waals surface area (Å²) in [5.41, 5.74) is 2.09. The van der Waals surface area contributed by atoms with Gasteiger partial charge in [0.2, 0.25) is 0 Å². The molecule has 0 atom stereocenters. The Morgan fingerprint density at radius 2 is 2.19 bits per heavy atom. The highest BCUT2D eigenvalue weighted by Crippen LogP contribution is 2.17. The lowest BCUT2D eigenvalue weighted by Gasteiger charge is -2.13. The van der Waals surface area contributed by atoms with E-state index < -0.39 is 0 Å². The molecule has 0 aliphatic heterocycles. The molecule has 0 spiro atoms. The second kappa shape index (κ2) is 11.1. The molecule has 0 bridgehead atoms. The monoisotopic (exact) mass is 359 g/mol. The van der Waals surface area contributed by atoms with Crippen molar-refractivity contribution >= 4 is 11.6 Å². The SMILES string of the molecule is CCNC(=NCCn1cc(C)cn1)Nc1cccc(OCCCOC)c1. The maximum atomic E-state index is 5.74. The zero-order valence-corrected chi connectivity index (χ0v) is 15.9. The average Bonchev–Trinajstić information content (AvgIpc) is 3.04. The van der Waals surface area contributed by atoms with E-state index in [0.29, 0.717) is 19.8 Å². The van der Waals surface area contributed by atoms with Crippen molar-refractivity contribution in [3.05, 3.63) is 42.2 Å². The van der Waals surface area contributed by atoms with Crippen LogP contribution in [0.2, 0.25) is 0 Å². The summed E-state index contributed by atoms with van der Waals surface area (Å²) in [4.78, 5) is 4.61. The van der Waals surface area contributed by atoms with E-state index >= 15 is 0 Å². The van der Waals surface area contributed by atoms with Gasteiger partial charge in [-0.1, -0.05) is 6.07 Å². The number of nitrogens with zero attached hydrogens (tertiary/aromatic N) is 3. The van der Waals surface area contributed by atoms with E-state index in [2.05, 4.69) is 20.7 Å². The minimum Gasteiger partial charge on any atom is -0.493 e. The molecule has 2 N–H and O–H groups in total. The fourth-order valence-electron chi connectivity index (χ4n) is 2.35. The van der Waals surface area contributed by atoms with Crippen molar-refractivity contribution in [2.24, 2.45) is 4.99 Å². The standard InChI is InChI=1S/C19H29N5O2/c1-4-20-19(21-9-10-24-15-16(2)14-22-24)23-17-7-5-8-18(13-17)26-12-6-11-25-3/h5,7-8,13-15H,4,6,9-12H2,1-3H3,(H2,20,21,23). The summed E-state index contributed by atoms with van der Waals surface area (Å²) in [5.74, 6) is 1.57. The Bertz CT molecular complexity index is 684. The number of aryl methyl sites for hydroxylation is 1. The molecule has 0 aliphatic carbocycles. The summed E-state index contributed by atoms with van der Waals surface area (Å²) in [6, 6.07) is 7.87. The summed E-state index contributed by atoms with van der Waals surface area (Å²) >= 11 is 0. The molecule has 0 amide bonds. The predicted molar refractivity (Wildman–Crippen MR) is 105 cm³/mol. The molecular weight excluding hydrogens is 330 g/mol. The Labute approximate surface area is 155 Å². The molecule has 1 aromatic carbocycles. The lowest BCUT2D eigenvalue weighted by atomic mass is 10.3. The molecule has 7 nitrogen and oxygen atoms in total. The number of rotatable bonds is 10. The number of aliphatic imine (C=N–C) groups is 1. The van der Waals surface area contributed by atoms with Crippen LogP contribution in [0.5, 0.6) is 5.75 Å². The van der Waals surface area contributed by atoms with Gasteiger partial charge in [0.1, 0.15) is 5.75 Å². The summed E-state index contributed by atoms with van der Waals surface area (Å²) in [6.07, 6.45) is 4.73. The summed E-state index contributed by atoms with van der Waals surface area (Å²) in [6.45, 7) is 7.59. The van der Waals surface area contributed by atoms with E-state index in [-0.39, 0.29) is 0 Å². The van der Waals surface area contributed by atoms with Gasteiger partial charge in [0, 0.05) is 44.6 Å². The number of guanidine groups is 1. The van der Waals surface area contributed by atoms with Gasteiger partial charge in [0.05, 0.1) is 25.9 Å². The van der Waals surface area contributed by atoms with Crippen LogP contribution < -0.4 is 15.4 Å². The fraction of sp³-hybridized carbons (Fsp3) is 0.474. The minimum absolute atomic E-state index is 0.634. The van der Waals surface area contributed by atoms with Crippen molar-refractivity contribution in [2.45, 2.75) is 26.8 Å². The van der Waals surface area contributed by atoms with Crippen LogP contribution in [0.1, 0.15) is 18.9 Å². The maximum Gasteiger partial charge on any atom is 0.195 e. The van der Waals surface area contributed by atoms with E-state index in [1.807, 2.05) is 55.2 Å². The van der Waals surface area contributed by atoms with Gasteiger partial charge < -0.3 is 20.1 Å². The number of hydrogen-bond acceptors (Lipinski definition) is 4. The van der Waals surface area contributed by atoms with Gasteiger partial charge in [-0.3, -0.25) is 9.67 Å². The molecule has 2 aromatic rings. The molecule has 0 radical (unpaired) electrons. The molecule has 1 heterocycles. The van der Waals surface area contributed by atoms with Gasteiger partial charge in [0.25, 0.3) is 0 Å². The third-order valence-corrected chi connectivity index (χ3v) is 3.56. The van der Waals surface area contributed by atoms with E-state index in [4.69, 9.17) is 9.47 Å². The zero-order valence-electron chi connectivity index (χ0n) is 15.9. The minimum atomic E-state index is 0.634. The largest absolute Gasteiger partial charge is 0.493 e. The Morgan fingerprint density at radius 3 is 2.92 bits per heavy atom. The summed E-state index contributed by atoms with van der Waals surface area (Å²) in [7, 11) is 1.69. The van der Waals surface area contributed by atoms with Crippen LogP contribution in [0.15, 0.2) is 41.7 Å². The fourth-order valence-corrected chi connectivity index (χ4v) is 2.35. The number of hydrogen-bond donors (Lipinski definition) is 2. The zero-order chi connectivity index (χ0) is 18.6. The van der Waals surface area contributed by atoms with Crippen LogP contribution in [0.25, 0.3) is 0 Å². The van der Waals surface area contributed by atoms with Gasteiger partial charge in [-0.15, -0.1) is 0 Å². The molecule has 2 rings (SSSR count). The molecule has 0 unspecified atom stereocenters. The maximum absolute atomic E-state index is 5.74. The van der Waals surface area contributed by atoms with Gasteiger partial charge in [-0.2, -0.15) is 5.10 Å². The van der Waals surface area contributed by atoms with Gasteiger partial charge in [-0.25, -0.2) is 0 Å². The number of ether oxygens (including phenoxy) is 2. The van der Waals surface area contributed by atoms with Crippen LogP contribution >= 0.6 is 0 Å². The van der Waals surface area contributed by atoms with Crippen LogP contribution in [0, 0.1) is 6.92 Å². The highest BCUT2D eigenvalue weighted by Gasteiger charge is 2.02. The molecule has 0 fully saturated rings. The van der Waals surface area contributed by atoms with Gasteiger partial charge in [-0.05, 0) is 31.5 Å². The Morgan fingerprint density at radius 1 is 1.31 bits per heavy atom. The highest BCUT2D eigenvalue weighted by molar-refractivity contribution is 5.93. The van der Waals surface area contributed by atoms with E-state index in [1.54, 1.807) is 7.11 Å². The van der Waals surface area contributed by atoms with Crippen molar-refractivity contribution in [3.63, 3.8) is 0 Å². The molecule has 0 aliphatic rings. The molecule has 0 saturated carbocycles. The molecule has 142 valence electrons. The first-order chi connectivity index (χ1) is 12.7. The summed E-state index contributed by atoms with van der Waals surface area (Å²) < 4.78 is 12.7. The number of nitrogens with one attached hydrogen (secondary N) is 2. The van der Waals surface area contributed by atoms with Crippen molar-refractivity contribution < 1.29 is 9.47 Å². The molecule has 26 heavy (non-hydrogen) atoms. The second-order valence-electron chi connectivity index (χ2n) is 5.89. The van der Waals surface area contributed by atoms with Gasteiger partial charge in [0.15, 0.2) is 5.96 Å². The number of methoxy groups -OCH3 is 1.